The van der Waals surface area contributed by atoms with Crippen LogP contribution in [0.5, 0.6) is 5.75 Å². The van der Waals surface area contributed by atoms with E-state index in [9.17, 15) is 4.79 Å². The molecule has 0 bridgehead atoms. The van der Waals surface area contributed by atoms with E-state index in [1.165, 1.54) is 5.69 Å². The van der Waals surface area contributed by atoms with Crippen molar-refractivity contribution < 1.29 is 14.6 Å². The van der Waals surface area contributed by atoms with E-state index in [0.29, 0.717) is 19.1 Å². The summed E-state index contributed by atoms with van der Waals surface area (Å²) in [4.78, 5) is 13.0. The first kappa shape index (κ1) is 23.4. The molecule has 0 fully saturated rings. The molecule has 3 aromatic rings. The van der Waals surface area contributed by atoms with Gasteiger partial charge in [-0.2, -0.15) is 5.10 Å². The highest BCUT2D eigenvalue weighted by Crippen LogP contribution is 2.28. The first-order chi connectivity index (χ1) is 15.6. The van der Waals surface area contributed by atoms with Crippen molar-refractivity contribution in [3.63, 3.8) is 0 Å². The zero-order valence-electron chi connectivity index (χ0n) is 19.0. The van der Waals surface area contributed by atoms with Gasteiger partial charge < -0.3 is 14.7 Å². The Morgan fingerprint density at radius 1 is 1.09 bits per heavy atom. The lowest BCUT2D eigenvalue weighted by Crippen LogP contribution is -2.32. The second kappa shape index (κ2) is 11.9. The van der Waals surface area contributed by atoms with E-state index < -0.39 is 5.97 Å². The van der Waals surface area contributed by atoms with E-state index in [1.807, 2.05) is 30.6 Å². The van der Waals surface area contributed by atoms with Crippen LogP contribution in [0.15, 0.2) is 60.9 Å². The predicted molar refractivity (Wildman–Crippen MR) is 128 cm³/mol. The van der Waals surface area contributed by atoms with Crippen LogP contribution < -0.4 is 9.64 Å². The van der Waals surface area contributed by atoms with Crippen molar-refractivity contribution in [3.8, 4) is 16.9 Å². The number of benzene rings is 2. The van der Waals surface area contributed by atoms with Gasteiger partial charge >= 0.3 is 5.97 Å². The van der Waals surface area contributed by atoms with Crippen LogP contribution in [0, 0.1) is 0 Å². The molecule has 0 aliphatic heterocycles. The molecule has 0 spiro atoms. The number of nitrogens with zero attached hydrogens (tertiary/aromatic N) is 2. The van der Waals surface area contributed by atoms with Crippen molar-refractivity contribution in [2.75, 3.05) is 11.5 Å². The highest BCUT2D eigenvalue weighted by atomic mass is 16.5. The summed E-state index contributed by atoms with van der Waals surface area (Å²) < 4.78 is 6.08. The number of aromatic amines is 1. The molecule has 32 heavy (non-hydrogen) atoms. The van der Waals surface area contributed by atoms with Crippen molar-refractivity contribution in [2.24, 2.45) is 0 Å². The fourth-order valence-corrected chi connectivity index (χ4v) is 3.67. The molecule has 1 aromatic heterocycles. The summed E-state index contributed by atoms with van der Waals surface area (Å²) >= 11 is 0. The van der Waals surface area contributed by atoms with Crippen LogP contribution in [0.25, 0.3) is 11.1 Å². The van der Waals surface area contributed by atoms with E-state index in [0.717, 1.165) is 48.2 Å². The molecule has 3 rings (SSSR count). The summed E-state index contributed by atoms with van der Waals surface area (Å²) in [5.74, 6) is 0.160. The van der Waals surface area contributed by atoms with Gasteiger partial charge in [-0.25, -0.2) is 0 Å². The number of carbonyl (C=O) groups is 1. The Morgan fingerprint density at radius 2 is 1.88 bits per heavy atom. The van der Waals surface area contributed by atoms with Crippen molar-refractivity contribution >= 4 is 11.7 Å². The van der Waals surface area contributed by atoms with Crippen molar-refractivity contribution in [1.82, 2.24) is 10.2 Å². The van der Waals surface area contributed by atoms with E-state index >= 15 is 0 Å². The van der Waals surface area contributed by atoms with E-state index in [1.54, 1.807) is 0 Å². The number of hydrogen-bond acceptors (Lipinski definition) is 4. The van der Waals surface area contributed by atoms with Gasteiger partial charge in [0.2, 0.25) is 0 Å². The average Bonchev–Trinajstić information content (AvgIpc) is 3.35. The van der Waals surface area contributed by atoms with E-state index in [2.05, 4.69) is 59.3 Å². The Morgan fingerprint density at radius 3 is 2.56 bits per heavy atom. The van der Waals surface area contributed by atoms with Gasteiger partial charge in [-0.3, -0.25) is 9.89 Å². The molecule has 6 heteroatoms. The van der Waals surface area contributed by atoms with Gasteiger partial charge in [0.1, 0.15) is 5.75 Å². The van der Waals surface area contributed by atoms with Gasteiger partial charge in [0.05, 0.1) is 12.8 Å². The minimum atomic E-state index is -0.737. The van der Waals surface area contributed by atoms with Gasteiger partial charge in [0.15, 0.2) is 0 Å². The highest BCUT2D eigenvalue weighted by molar-refractivity contribution is 5.66. The molecule has 0 aliphatic rings. The number of para-hydroxylation sites is 1. The van der Waals surface area contributed by atoms with Crippen LogP contribution >= 0.6 is 0 Å². The summed E-state index contributed by atoms with van der Waals surface area (Å²) in [5, 5.41) is 15.7. The molecule has 0 aliphatic carbocycles. The molecule has 0 radical (unpaired) electrons. The van der Waals surface area contributed by atoms with E-state index in [-0.39, 0.29) is 6.42 Å². The molecule has 6 nitrogen and oxygen atoms in total. The maximum absolute atomic E-state index is 10.6. The zero-order chi connectivity index (χ0) is 22.8. The van der Waals surface area contributed by atoms with E-state index in [4.69, 9.17) is 9.84 Å². The SMILES string of the molecule is CCC(C)N(Cc1ccccc1OCCCCCC(=O)O)c1ccc(-c2cn[nH]c2)cc1. The van der Waals surface area contributed by atoms with Gasteiger partial charge in [0.25, 0.3) is 0 Å². The molecule has 2 N–H and O–H groups in total. The fourth-order valence-electron chi connectivity index (χ4n) is 3.67. The van der Waals surface area contributed by atoms with Gasteiger partial charge in [0, 0.05) is 42.0 Å². The van der Waals surface area contributed by atoms with Crippen LogP contribution in [0.1, 0.15) is 51.5 Å². The number of hydrogen-bond donors (Lipinski definition) is 2. The van der Waals surface area contributed by atoms with Crippen LogP contribution in [-0.4, -0.2) is 33.9 Å². The minimum Gasteiger partial charge on any atom is -0.493 e. The largest absolute Gasteiger partial charge is 0.493 e. The zero-order valence-corrected chi connectivity index (χ0v) is 19.0. The second-order valence-corrected chi connectivity index (χ2v) is 8.08. The number of nitrogens with one attached hydrogen (secondary N) is 1. The predicted octanol–water partition coefficient (Wildman–Crippen LogP) is 5.91. The summed E-state index contributed by atoms with van der Waals surface area (Å²) in [6.45, 7) is 5.81. The number of rotatable bonds is 13. The normalized spacial score (nSPS) is 11.8. The highest BCUT2D eigenvalue weighted by Gasteiger charge is 2.16. The number of H-pyrrole nitrogens is 1. The number of aliphatic carboxylic acids is 1. The van der Waals surface area contributed by atoms with Crippen LogP contribution in [0.3, 0.4) is 0 Å². The van der Waals surface area contributed by atoms with Crippen molar-refractivity contribution in [3.05, 3.63) is 66.5 Å². The lowest BCUT2D eigenvalue weighted by molar-refractivity contribution is -0.137. The molecule has 1 heterocycles. The molecule has 1 atom stereocenters. The number of carboxylic acids is 1. The Hall–Kier alpha value is -3.28. The lowest BCUT2D eigenvalue weighted by Gasteiger charge is -2.31. The van der Waals surface area contributed by atoms with Crippen molar-refractivity contribution in [1.29, 1.82) is 0 Å². The smallest absolute Gasteiger partial charge is 0.303 e. The first-order valence-corrected chi connectivity index (χ1v) is 11.4. The molecule has 0 saturated carbocycles. The van der Waals surface area contributed by atoms with Gasteiger partial charge in [-0.05, 0) is 56.4 Å². The Bertz CT molecular complexity index is 955. The molecule has 1 unspecified atom stereocenters. The number of carboxylic acid groups (broad SMARTS) is 1. The number of unbranched alkanes of at least 4 members (excludes halogenated alkanes) is 2. The lowest BCUT2D eigenvalue weighted by atomic mass is 10.1. The molecule has 170 valence electrons. The molecular formula is C26H33N3O3. The first-order valence-electron chi connectivity index (χ1n) is 11.4. The third kappa shape index (κ3) is 6.61. The van der Waals surface area contributed by atoms with Crippen LogP contribution in [-0.2, 0) is 11.3 Å². The van der Waals surface area contributed by atoms with Gasteiger partial charge in [-0.1, -0.05) is 37.3 Å². The van der Waals surface area contributed by atoms with Crippen LogP contribution in [0.2, 0.25) is 0 Å². The standard InChI is InChI=1S/C26H33N3O3/c1-3-20(2)29(24-14-12-21(13-15-24)23-17-27-28-18-23)19-22-9-6-7-10-25(22)32-16-8-4-5-11-26(30)31/h6-7,9-10,12-15,17-18,20H,3-5,8,11,16,19H2,1-2H3,(H,27,28)(H,30,31). The number of ether oxygens (including phenoxy) is 1. The summed E-state index contributed by atoms with van der Waals surface area (Å²) in [5.41, 5.74) is 4.54. The summed E-state index contributed by atoms with van der Waals surface area (Å²) in [6.07, 6.45) is 7.39. The number of anilines is 1. The van der Waals surface area contributed by atoms with Gasteiger partial charge in [-0.15, -0.1) is 0 Å². The summed E-state index contributed by atoms with van der Waals surface area (Å²) in [6, 6.07) is 17.2. The summed E-state index contributed by atoms with van der Waals surface area (Å²) in [7, 11) is 0. The molecule has 2 aromatic carbocycles. The number of aromatic nitrogens is 2. The molecule has 0 saturated heterocycles. The van der Waals surface area contributed by atoms with Crippen molar-refractivity contribution in [2.45, 2.75) is 58.5 Å². The fraction of sp³-hybridized carbons (Fsp3) is 0.385. The Balaban J connectivity index is 1.67. The Kier molecular flexibility index (Phi) is 8.72. The monoisotopic (exact) mass is 435 g/mol. The minimum absolute atomic E-state index is 0.222. The Labute approximate surface area is 190 Å². The third-order valence-corrected chi connectivity index (χ3v) is 5.76. The molecule has 0 amide bonds. The second-order valence-electron chi connectivity index (χ2n) is 8.08. The maximum atomic E-state index is 10.6. The maximum Gasteiger partial charge on any atom is 0.303 e. The molecular weight excluding hydrogens is 402 g/mol. The average molecular weight is 436 g/mol. The quantitative estimate of drug-likeness (QED) is 0.327. The third-order valence-electron chi connectivity index (χ3n) is 5.76. The van der Waals surface area contributed by atoms with Crippen LogP contribution in [0.4, 0.5) is 5.69 Å². The topological polar surface area (TPSA) is 78.4 Å².